The van der Waals surface area contributed by atoms with E-state index in [2.05, 4.69) is 10.4 Å². The van der Waals surface area contributed by atoms with Crippen LogP contribution in [0.3, 0.4) is 0 Å². The SMILES string of the molecule is CCCNCCn1cc(C(F)(F)F)cn1. The summed E-state index contributed by atoms with van der Waals surface area (Å²) in [5.74, 6) is 0. The van der Waals surface area contributed by atoms with Gasteiger partial charge in [0.1, 0.15) is 0 Å². The Morgan fingerprint density at radius 2 is 2.13 bits per heavy atom. The van der Waals surface area contributed by atoms with E-state index in [-0.39, 0.29) is 0 Å². The Morgan fingerprint density at radius 1 is 1.40 bits per heavy atom. The van der Waals surface area contributed by atoms with Gasteiger partial charge in [-0.2, -0.15) is 18.3 Å². The second-order valence-corrected chi connectivity index (χ2v) is 3.24. The number of alkyl halides is 3. The van der Waals surface area contributed by atoms with Gasteiger partial charge in [-0.05, 0) is 13.0 Å². The Morgan fingerprint density at radius 3 is 2.67 bits per heavy atom. The largest absolute Gasteiger partial charge is 0.419 e. The number of rotatable bonds is 5. The van der Waals surface area contributed by atoms with E-state index in [0.717, 1.165) is 25.4 Å². The molecule has 15 heavy (non-hydrogen) atoms. The highest BCUT2D eigenvalue weighted by Gasteiger charge is 2.31. The quantitative estimate of drug-likeness (QED) is 0.769. The van der Waals surface area contributed by atoms with Crippen molar-refractivity contribution in [2.24, 2.45) is 0 Å². The van der Waals surface area contributed by atoms with Crippen molar-refractivity contribution >= 4 is 0 Å². The van der Waals surface area contributed by atoms with Gasteiger partial charge in [0.2, 0.25) is 0 Å². The van der Waals surface area contributed by atoms with Crippen molar-refractivity contribution in [3.63, 3.8) is 0 Å². The number of hydrogen-bond acceptors (Lipinski definition) is 2. The molecule has 1 N–H and O–H groups in total. The first-order valence-electron chi connectivity index (χ1n) is 4.84. The topological polar surface area (TPSA) is 29.9 Å². The van der Waals surface area contributed by atoms with Crippen LogP contribution >= 0.6 is 0 Å². The van der Waals surface area contributed by atoms with Crippen molar-refractivity contribution in [2.75, 3.05) is 13.1 Å². The normalized spacial score (nSPS) is 12.0. The molecule has 0 aliphatic carbocycles. The smallest absolute Gasteiger partial charge is 0.315 e. The Labute approximate surface area is 86.3 Å². The second kappa shape index (κ2) is 5.16. The molecular formula is C9H14F3N3. The molecule has 1 aromatic heterocycles. The summed E-state index contributed by atoms with van der Waals surface area (Å²) in [6.45, 7) is 3.99. The molecular weight excluding hydrogens is 207 g/mol. The summed E-state index contributed by atoms with van der Waals surface area (Å²) < 4.78 is 37.8. The number of halogens is 3. The lowest BCUT2D eigenvalue weighted by molar-refractivity contribution is -0.137. The number of nitrogens with one attached hydrogen (secondary N) is 1. The first-order valence-corrected chi connectivity index (χ1v) is 4.84. The molecule has 0 radical (unpaired) electrons. The molecule has 0 unspecified atom stereocenters. The highest BCUT2D eigenvalue weighted by atomic mass is 19.4. The molecule has 1 heterocycles. The summed E-state index contributed by atoms with van der Waals surface area (Å²) in [6, 6.07) is 0. The monoisotopic (exact) mass is 221 g/mol. The van der Waals surface area contributed by atoms with Crippen LogP contribution in [0.1, 0.15) is 18.9 Å². The summed E-state index contributed by atoms with van der Waals surface area (Å²) in [6.07, 6.45) is -1.42. The summed E-state index contributed by atoms with van der Waals surface area (Å²) in [5.41, 5.74) is -0.696. The molecule has 1 aromatic rings. The van der Waals surface area contributed by atoms with E-state index in [9.17, 15) is 13.2 Å². The number of nitrogens with zero attached hydrogens (tertiary/aromatic N) is 2. The van der Waals surface area contributed by atoms with Gasteiger partial charge in [-0.1, -0.05) is 6.92 Å². The van der Waals surface area contributed by atoms with Crippen molar-refractivity contribution in [1.82, 2.24) is 15.1 Å². The molecule has 0 atom stereocenters. The van der Waals surface area contributed by atoms with Gasteiger partial charge in [0.25, 0.3) is 0 Å². The zero-order valence-corrected chi connectivity index (χ0v) is 8.51. The summed E-state index contributed by atoms with van der Waals surface area (Å²) in [7, 11) is 0. The van der Waals surface area contributed by atoms with E-state index in [4.69, 9.17) is 0 Å². The van der Waals surface area contributed by atoms with Crippen LogP contribution in [0, 0.1) is 0 Å². The fourth-order valence-corrected chi connectivity index (χ4v) is 1.13. The van der Waals surface area contributed by atoms with E-state index in [1.54, 1.807) is 0 Å². The zero-order valence-electron chi connectivity index (χ0n) is 8.51. The molecule has 0 saturated heterocycles. The number of aromatic nitrogens is 2. The van der Waals surface area contributed by atoms with E-state index >= 15 is 0 Å². The predicted octanol–water partition coefficient (Wildman–Crippen LogP) is 1.90. The standard InChI is InChI=1S/C9H14F3N3/c1-2-3-13-4-5-15-7-8(6-14-15)9(10,11)12/h6-7,13H,2-5H2,1H3. The fraction of sp³-hybridized carbons (Fsp3) is 0.667. The lowest BCUT2D eigenvalue weighted by atomic mass is 10.4. The Hall–Kier alpha value is -1.04. The summed E-state index contributed by atoms with van der Waals surface area (Å²) in [4.78, 5) is 0. The maximum atomic E-state index is 12.2. The van der Waals surface area contributed by atoms with Crippen LogP contribution in [0.5, 0.6) is 0 Å². The maximum Gasteiger partial charge on any atom is 0.419 e. The van der Waals surface area contributed by atoms with Gasteiger partial charge in [0.05, 0.1) is 18.3 Å². The van der Waals surface area contributed by atoms with Gasteiger partial charge in [-0.15, -0.1) is 0 Å². The van der Waals surface area contributed by atoms with Crippen LogP contribution < -0.4 is 5.32 Å². The van der Waals surface area contributed by atoms with Crippen molar-refractivity contribution in [2.45, 2.75) is 26.1 Å². The van der Waals surface area contributed by atoms with Crippen molar-refractivity contribution < 1.29 is 13.2 Å². The molecule has 86 valence electrons. The third kappa shape index (κ3) is 3.91. The maximum absolute atomic E-state index is 12.2. The Kier molecular flexibility index (Phi) is 4.14. The van der Waals surface area contributed by atoms with Crippen LogP contribution in [0.2, 0.25) is 0 Å². The van der Waals surface area contributed by atoms with Crippen LogP contribution in [0.4, 0.5) is 13.2 Å². The highest BCUT2D eigenvalue weighted by molar-refractivity contribution is 5.08. The molecule has 0 spiro atoms. The lowest BCUT2D eigenvalue weighted by Crippen LogP contribution is -2.20. The highest BCUT2D eigenvalue weighted by Crippen LogP contribution is 2.28. The van der Waals surface area contributed by atoms with Crippen LogP contribution in [-0.2, 0) is 12.7 Å². The average Bonchev–Trinajstić information content (AvgIpc) is 2.60. The van der Waals surface area contributed by atoms with E-state index in [1.165, 1.54) is 4.68 Å². The lowest BCUT2D eigenvalue weighted by Gasteiger charge is -2.03. The minimum Gasteiger partial charge on any atom is -0.315 e. The van der Waals surface area contributed by atoms with Gasteiger partial charge in [0.15, 0.2) is 0 Å². The van der Waals surface area contributed by atoms with Gasteiger partial charge >= 0.3 is 6.18 Å². The molecule has 3 nitrogen and oxygen atoms in total. The van der Waals surface area contributed by atoms with Crippen LogP contribution in [0.15, 0.2) is 12.4 Å². The molecule has 0 saturated carbocycles. The third-order valence-electron chi connectivity index (χ3n) is 1.91. The molecule has 0 amide bonds. The van der Waals surface area contributed by atoms with Crippen LogP contribution in [0.25, 0.3) is 0 Å². The molecule has 1 rings (SSSR count). The van der Waals surface area contributed by atoms with Crippen molar-refractivity contribution in [3.05, 3.63) is 18.0 Å². The Bertz CT molecular complexity index is 293. The van der Waals surface area contributed by atoms with Gasteiger partial charge in [0, 0.05) is 12.7 Å². The molecule has 0 aromatic carbocycles. The number of hydrogen-bond donors (Lipinski definition) is 1. The van der Waals surface area contributed by atoms with Crippen molar-refractivity contribution in [3.8, 4) is 0 Å². The first-order chi connectivity index (χ1) is 7.04. The van der Waals surface area contributed by atoms with Crippen molar-refractivity contribution in [1.29, 1.82) is 0 Å². The van der Waals surface area contributed by atoms with E-state index < -0.39 is 11.7 Å². The molecule has 0 aliphatic heterocycles. The summed E-state index contributed by atoms with van der Waals surface area (Å²) >= 11 is 0. The third-order valence-corrected chi connectivity index (χ3v) is 1.91. The predicted molar refractivity (Wildman–Crippen MR) is 50.4 cm³/mol. The molecule has 0 bridgehead atoms. The van der Waals surface area contributed by atoms with Gasteiger partial charge < -0.3 is 5.32 Å². The van der Waals surface area contributed by atoms with Gasteiger partial charge in [-0.3, -0.25) is 4.68 Å². The zero-order chi connectivity index (χ0) is 11.3. The first kappa shape index (κ1) is 12.0. The molecule has 0 fully saturated rings. The summed E-state index contributed by atoms with van der Waals surface area (Å²) in [5, 5.41) is 6.73. The van der Waals surface area contributed by atoms with Crippen LogP contribution in [-0.4, -0.2) is 22.9 Å². The molecule has 0 aliphatic rings. The molecule has 6 heteroatoms. The average molecular weight is 221 g/mol. The van der Waals surface area contributed by atoms with E-state index in [0.29, 0.717) is 13.1 Å². The Balaban J connectivity index is 2.40. The minimum absolute atomic E-state index is 0.454. The van der Waals surface area contributed by atoms with Gasteiger partial charge in [-0.25, -0.2) is 0 Å². The second-order valence-electron chi connectivity index (χ2n) is 3.24. The van der Waals surface area contributed by atoms with E-state index in [1.807, 2.05) is 6.92 Å². The fourth-order valence-electron chi connectivity index (χ4n) is 1.13. The minimum atomic E-state index is -4.30.